The van der Waals surface area contributed by atoms with Crippen molar-refractivity contribution in [3.05, 3.63) is 44.5 Å². The number of hydrogen-bond donors (Lipinski definition) is 2. The Morgan fingerprint density at radius 2 is 1.73 bits per heavy atom. The summed E-state index contributed by atoms with van der Waals surface area (Å²) in [4.78, 5) is 80.2. The van der Waals surface area contributed by atoms with Crippen molar-refractivity contribution >= 4 is 81.1 Å². The summed E-state index contributed by atoms with van der Waals surface area (Å²) in [5.41, 5.74) is 1.50. The van der Waals surface area contributed by atoms with Crippen LogP contribution in [0.2, 0.25) is 0 Å². The Kier molecular flexibility index (Phi) is 11.9. The molecule has 2 aliphatic rings. The number of ether oxygens (including phenoxy) is 3. The van der Waals surface area contributed by atoms with Crippen LogP contribution in [0.4, 0.5) is 5.13 Å². The van der Waals surface area contributed by atoms with E-state index in [4.69, 9.17) is 19.0 Å². The first-order valence-electron chi connectivity index (χ1n) is 14.9. The van der Waals surface area contributed by atoms with E-state index in [1.807, 2.05) is 6.92 Å². The van der Waals surface area contributed by atoms with Gasteiger partial charge in [0.1, 0.15) is 29.9 Å². The van der Waals surface area contributed by atoms with Crippen molar-refractivity contribution in [1.29, 1.82) is 0 Å². The number of hydrogen-bond acceptors (Lipinski definition) is 16. The average molecular weight is 735 g/mol. The molecule has 0 saturated carbocycles. The quantitative estimate of drug-likeness (QED) is 0.106. The van der Waals surface area contributed by atoms with Gasteiger partial charge in [0.15, 0.2) is 17.6 Å². The molecule has 0 bridgehead atoms. The average Bonchev–Trinajstić information content (AvgIpc) is 3.68. The van der Waals surface area contributed by atoms with Gasteiger partial charge in [-0.15, -0.1) is 34.4 Å². The maximum Gasteiger partial charge on any atom is 0.358 e. The number of carbonyl (C=O) groups excluding carboxylic acids is 5. The first-order chi connectivity index (χ1) is 23.0. The molecule has 2 atom stereocenters. The van der Waals surface area contributed by atoms with Crippen LogP contribution in [-0.2, 0) is 43.0 Å². The number of aryl methyl sites for hydroxylation is 1. The molecular formula is C31H38N6O9S3. The van der Waals surface area contributed by atoms with Gasteiger partial charge in [-0.1, -0.05) is 11.2 Å². The Morgan fingerprint density at radius 3 is 2.37 bits per heavy atom. The molecule has 1 fully saturated rings. The normalized spacial score (nSPS) is 18.1. The number of aromatic nitrogens is 2. The van der Waals surface area contributed by atoms with Gasteiger partial charge in [0.2, 0.25) is 6.79 Å². The number of anilines is 1. The third kappa shape index (κ3) is 9.04. The molecule has 2 aromatic heterocycles. The number of rotatable bonds is 12. The van der Waals surface area contributed by atoms with E-state index in [1.54, 1.807) is 64.6 Å². The zero-order chi connectivity index (χ0) is 36.1. The van der Waals surface area contributed by atoms with E-state index in [-0.39, 0.29) is 23.8 Å². The molecule has 4 heterocycles. The lowest BCUT2D eigenvalue weighted by Gasteiger charge is -2.49. The van der Waals surface area contributed by atoms with E-state index in [0.717, 1.165) is 21.9 Å². The van der Waals surface area contributed by atoms with Gasteiger partial charge < -0.3 is 29.7 Å². The van der Waals surface area contributed by atoms with Crippen molar-refractivity contribution in [3.63, 3.8) is 0 Å². The number of nitrogens with one attached hydrogen (secondary N) is 2. The van der Waals surface area contributed by atoms with Gasteiger partial charge >= 0.3 is 17.9 Å². The Labute approximate surface area is 295 Å². The molecule has 2 amide bonds. The van der Waals surface area contributed by atoms with Crippen LogP contribution in [-0.4, -0.2) is 88.1 Å². The first-order valence-corrected chi connectivity index (χ1v) is 17.7. The highest BCUT2D eigenvalue weighted by molar-refractivity contribution is 8.00. The van der Waals surface area contributed by atoms with Crippen LogP contribution in [0.25, 0.3) is 6.08 Å². The summed E-state index contributed by atoms with van der Waals surface area (Å²) in [5.74, 6) is -2.79. The second-order valence-corrected chi connectivity index (χ2v) is 15.6. The van der Waals surface area contributed by atoms with Crippen LogP contribution < -0.4 is 10.6 Å². The number of carbonyl (C=O) groups is 5. The van der Waals surface area contributed by atoms with E-state index in [9.17, 15) is 24.0 Å². The third-order valence-corrected chi connectivity index (χ3v) is 9.87. The van der Waals surface area contributed by atoms with E-state index in [1.165, 1.54) is 35.1 Å². The Hall–Kier alpha value is -4.29. The monoisotopic (exact) mass is 734 g/mol. The van der Waals surface area contributed by atoms with Crippen molar-refractivity contribution in [1.82, 2.24) is 20.2 Å². The van der Waals surface area contributed by atoms with Gasteiger partial charge in [0, 0.05) is 16.0 Å². The zero-order valence-corrected chi connectivity index (χ0v) is 30.7. The Bertz CT molecular complexity index is 1700. The largest absolute Gasteiger partial charge is 0.444 e. The molecule has 0 unspecified atom stereocenters. The highest BCUT2D eigenvalue weighted by Gasteiger charge is 2.54. The summed E-state index contributed by atoms with van der Waals surface area (Å²) in [6.07, 6.45) is 3.53. The molecule has 264 valence electrons. The summed E-state index contributed by atoms with van der Waals surface area (Å²) < 4.78 is 15.6. The second-order valence-electron chi connectivity index (χ2n) is 12.8. The summed E-state index contributed by atoms with van der Waals surface area (Å²) >= 11 is 3.92. The molecule has 1 saturated heterocycles. The lowest BCUT2D eigenvalue weighted by Crippen LogP contribution is -2.71. The maximum absolute atomic E-state index is 13.6. The topological polar surface area (TPSA) is 188 Å². The van der Waals surface area contributed by atoms with Gasteiger partial charge in [-0.2, -0.15) is 0 Å². The van der Waals surface area contributed by atoms with Crippen LogP contribution >= 0.6 is 34.4 Å². The van der Waals surface area contributed by atoms with Crippen LogP contribution in [0, 0.1) is 17.8 Å². The van der Waals surface area contributed by atoms with E-state index < -0.39 is 58.8 Å². The van der Waals surface area contributed by atoms with Gasteiger partial charge in [0.25, 0.3) is 11.8 Å². The lowest BCUT2D eigenvalue weighted by molar-refractivity contribution is -0.173. The number of β-lactam (4-membered cyclic amide) rings is 1. The second kappa shape index (κ2) is 15.5. The van der Waals surface area contributed by atoms with E-state index in [0.29, 0.717) is 16.5 Å². The van der Waals surface area contributed by atoms with E-state index >= 15 is 0 Å². The number of oxime groups is 1. The minimum Gasteiger partial charge on any atom is -0.444 e. The number of allylic oxidation sites excluding steroid dienone is 1. The lowest BCUT2D eigenvalue weighted by atomic mass is 9.97. The Morgan fingerprint density at radius 1 is 1.04 bits per heavy atom. The molecule has 4 rings (SSSR count). The number of thiazole rings is 2. The van der Waals surface area contributed by atoms with Crippen LogP contribution in [0.3, 0.4) is 0 Å². The molecule has 2 aliphatic heterocycles. The predicted octanol–water partition coefficient (Wildman–Crippen LogP) is 3.67. The predicted molar refractivity (Wildman–Crippen MR) is 184 cm³/mol. The smallest absolute Gasteiger partial charge is 0.358 e. The van der Waals surface area contributed by atoms with Gasteiger partial charge in [-0.05, 0) is 60.1 Å². The fraction of sp³-hybridized carbons (Fsp3) is 0.484. The molecule has 2 aromatic rings. The van der Waals surface area contributed by atoms with Crippen LogP contribution in [0.15, 0.2) is 33.4 Å². The molecule has 18 heteroatoms. The fourth-order valence-corrected chi connectivity index (χ4v) is 6.87. The van der Waals surface area contributed by atoms with Crippen molar-refractivity contribution < 1.29 is 43.0 Å². The van der Waals surface area contributed by atoms with Crippen molar-refractivity contribution in [2.75, 3.05) is 31.7 Å². The highest BCUT2D eigenvalue weighted by Crippen LogP contribution is 2.41. The number of fused-ring (bicyclic) bond motifs is 1. The molecule has 0 aromatic carbocycles. The molecule has 0 spiro atoms. The summed E-state index contributed by atoms with van der Waals surface area (Å²) in [5, 5.41) is 10.7. The zero-order valence-electron chi connectivity index (χ0n) is 28.3. The third-order valence-electron chi connectivity index (χ3n) is 6.87. The highest BCUT2D eigenvalue weighted by atomic mass is 32.2. The van der Waals surface area contributed by atoms with Gasteiger partial charge in [-0.3, -0.25) is 24.1 Å². The van der Waals surface area contributed by atoms with Gasteiger partial charge in [-0.25, -0.2) is 14.8 Å². The minimum atomic E-state index is -1.01. The standard InChI is InChI=1S/C31H38N6O9S3/c1-16-19(49-14-33-16)10-9-17-11-47-25-21(24(39)37(25)22(17)26(40)45-15-46-28(42)31(5,6)7)35-23(38)20(36-43-8)18-12-48-29(34-18)32-13-44-27(41)30(2,3)4/h9-10,12,14,21,25H,11,13,15H2,1-8H3,(H,32,34)(H,35,38)/b10-9-,36-20-/t21-,25+/m1/s1. The summed E-state index contributed by atoms with van der Waals surface area (Å²) in [6.45, 7) is 11.3. The SMILES string of the molecule is CO/N=C(\C(=O)N[C@@H]1C(=O)N2C(C(=O)OCOC(=O)C(C)(C)C)=C(/C=C\c3scnc3C)CS[C@@H]12)c1csc(NCOC(=O)C(C)(C)C)n1. The summed E-state index contributed by atoms with van der Waals surface area (Å²) in [7, 11) is 1.27. The van der Waals surface area contributed by atoms with Crippen LogP contribution in [0.5, 0.6) is 0 Å². The number of thioether (sulfide) groups is 1. The van der Waals surface area contributed by atoms with Crippen molar-refractivity contribution in [2.24, 2.45) is 16.0 Å². The maximum atomic E-state index is 13.6. The molecule has 0 aliphatic carbocycles. The van der Waals surface area contributed by atoms with Crippen molar-refractivity contribution in [2.45, 2.75) is 59.9 Å². The molecule has 2 N–H and O–H groups in total. The molecule has 15 nitrogen and oxygen atoms in total. The number of nitrogens with zero attached hydrogens (tertiary/aromatic N) is 4. The fourth-order valence-electron chi connectivity index (χ4n) is 4.18. The summed E-state index contributed by atoms with van der Waals surface area (Å²) in [6, 6.07) is -1.01. The molecule has 0 radical (unpaired) electrons. The van der Waals surface area contributed by atoms with E-state index in [2.05, 4.69) is 25.8 Å². The number of esters is 3. The Balaban J connectivity index is 1.48. The molecule has 49 heavy (non-hydrogen) atoms. The number of amides is 2. The first kappa shape index (κ1) is 37.5. The minimum absolute atomic E-state index is 0.0161. The van der Waals surface area contributed by atoms with Crippen LogP contribution in [0.1, 0.15) is 57.8 Å². The van der Waals surface area contributed by atoms with Gasteiger partial charge in [0.05, 0.1) is 22.0 Å². The molecular weight excluding hydrogens is 697 g/mol. The van der Waals surface area contributed by atoms with Crippen molar-refractivity contribution in [3.8, 4) is 0 Å².